The van der Waals surface area contributed by atoms with E-state index >= 15 is 0 Å². The van der Waals surface area contributed by atoms with Gasteiger partial charge in [-0.3, -0.25) is 0 Å². The van der Waals surface area contributed by atoms with Gasteiger partial charge in [0.1, 0.15) is 5.82 Å². The van der Waals surface area contributed by atoms with E-state index in [4.69, 9.17) is 5.26 Å². The van der Waals surface area contributed by atoms with Gasteiger partial charge in [-0.2, -0.15) is 5.26 Å². The van der Waals surface area contributed by atoms with Gasteiger partial charge in [0.25, 0.3) is 0 Å². The van der Waals surface area contributed by atoms with Crippen molar-refractivity contribution in [1.29, 1.82) is 5.26 Å². The molecule has 0 amide bonds. The van der Waals surface area contributed by atoms with Gasteiger partial charge in [0, 0.05) is 13.1 Å². The topological polar surface area (TPSA) is 30.3 Å². The quantitative estimate of drug-likeness (QED) is 0.803. The number of hydrogen-bond donors (Lipinski definition) is 0. The fourth-order valence-corrected chi connectivity index (χ4v) is 2.53. The first kappa shape index (κ1) is 12.8. The Labute approximate surface area is 107 Å². The molecule has 1 unspecified atom stereocenters. The first-order valence-electron chi connectivity index (χ1n) is 6.29. The van der Waals surface area contributed by atoms with Crippen LogP contribution in [0.25, 0.3) is 0 Å². The van der Waals surface area contributed by atoms with Crippen LogP contribution in [0.15, 0.2) is 24.3 Å². The lowest BCUT2D eigenvalue weighted by atomic mass is 10.1. The maximum Gasteiger partial charge on any atom is 0.146 e. The number of hydrogen-bond acceptors (Lipinski definition) is 3. The van der Waals surface area contributed by atoms with Gasteiger partial charge in [0.2, 0.25) is 0 Å². The molecular weight excluding hydrogens is 229 g/mol. The van der Waals surface area contributed by atoms with Crippen LogP contribution >= 0.6 is 0 Å². The third-order valence-corrected chi connectivity index (χ3v) is 3.39. The van der Waals surface area contributed by atoms with Crippen LogP contribution in [0.2, 0.25) is 0 Å². The number of benzene rings is 1. The number of nitrogens with zero attached hydrogens (tertiary/aromatic N) is 3. The third-order valence-electron chi connectivity index (χ3n) is 3.39. The molecule has 0 radical (unpaired) electrons. The molecule has 0 bridgehead atoms. The SMILES string of the molecule is CN1CCCN(c2ccccc2F)C(CC#N)C1. The van der Waals surface area contributed by atoms with E-state index in [-0.39, 0.29) is 11.9 Å². The van der Waals surface area contributed by atoms with Gasteiger partial charge in [-0.1, -0.05) is 12.1 Å². The van der Waals surface area contributed by atoms with E-state index < -0.39 is 0 Å². The smallest absolute Gasteiger partial charge is 0.146 e. The van der Waals surface area contributed by atoms with Crippen molar-refractivity contribution < 1.29 is 4.39 Å². The normalized spacial score (nSPS) is 21.4. The summed E-state index contributed by atoms with van der Waals surface area (Å²) in [7, 11) is 2.05. The first-order valence-corrected chi connectivity index (χ1v) is 6.29. The molecule has 0 aliphatic carbocycles. The molecule has 1 aromatic rings. The van der Waals surface area contributed by atoms with E-state index in [0.717, 1.165) is 26.1 Å². The number of para-hydroxylation sites is 1. The fourth-order valence-electron chi connectivity index (χ4n) is 2.53. The van der Waals surface area contributed by atoms with Gasteiger partial charge in [-0.15, -0.1) is 0 Å². The first-order chi connectivity index (χ1) is 8.72. The number of nitriles is 1. The van der Waals surface area contributed by atoms with Gasteiger partial charge in [-0.05, 0) is 32.1 Å². The van der Waals surface area contributed by atoms with Crippen LogP contribution in [0.4, 0.5) is 10.1 Å². The average Bonchev–Trinajstić information content (AvgIpc) is 2.52. The molecule has 18 heavy (non-hydrogen) atoms. The van der Waals surface area contributed by atoms with Crippen molar-refractivity contribution in [1.82, 2.24) is 4.90 Å². The minimum atomic E-state index is -0.204. The molecule has 2 rings (SSSR count). The summed E-state index contributed by atoms with van der Waals surface area (Å²) in [6.45, 7) is 2.60. The third kappa shape index (κ3) is 2.80. The highest BCUT2D eigenvalue weighted by Gasteiger charge is 2.25. The van der Waals surface area contributed by atoms with Crippen LogP contribution in [0.5, 0.6) is 0 Å². The largest absolute Gasteiger partial charge is 0.364 e. The van der Waals surface area contributed by atoms with Crippen LogP contribution in [0, 0.1) is 17.1 Å². The second kappa shape index (κ2) is 5.83. The van der Waals surface area contributed by atoms with Gasteiger partial charge in [0.15, 0.2) is 0 Å². The highest BCUT2D eigenvalue weighted by molar-refractivity contribution is 5.49. The predicted octanol–water partition coefficient (Wildman–Crippen LogP) is 2.25. The Morgan fingerprint density at radius 1 is 1.39 bits per heavy atom. The maximum atomic E-state index is 13.9. The summed E-state index contributed by atoms with van der Waals surface area (Å²) in [6, 6.07) is 9.10. The molecule has 1 fully saturated rings. The fraction of sp³-hybridized carbons (Fsp3) is 0.500. The van der Waals surface area contributed by atoms with E-state index in [0.29, 0.717) is 12.1 Å². The minimum absolute atomic E-state index is 0.0689. The molecule has 96 valence electrons. The molecule has 1 saturated heterocycles. The van der Waals surface area contributed by atoms with Crippen molar-refractivity contribution >= 4 is 5.69 Å². The molecule has 0 N–H and O–H groups in total. The predicted molar refractivity (Wildman–Crippen MR) is 69.9 cm³/mol. The Morgan fingerprint density at radius 3 is 2.89 bits per heavy atom. The summed E-state index contributed by atoms with van der Waals surface area (Å²) in [5.41, 5.74) is 0.619. The van der Waals surface area contributed by atoms with Gasteiger partial charge in [-0.25, -0.2) is 4.39 Å². The lowest BCUT2D eigenvalue weighted by Crippen LogP contribution is -2.40. The molecule has 0 saturated carbocycles. The standard InChI is InChI=1S/C14H18FN3/c1-17-9-4-10-18(12(11-17)7-8-16)14-6-3-2-5-13(14)15/h2-3,5-6,12H,4,7,9-11H2,1H3. The monoisotopic (exact) mass is 247 g/mol. The van der Waals surface area contributed by atoms with E-state index in [1.165, 1.54) is 6.07 Å². The summed E-state index contributed by atoms with van der Waals surface area (Å²) in [5, 5.41) is 8.94. The van der Waals surface area contributed by atoms with Crippen molar-refractivity contribution in [2.24, 2.45) is 0 Å². The number of anilines is 1. The molecule has 4 heteroatoms. The Hall–Kier alpha value is -1.60. The zero-order valence-corrected chi connectivity index (χ0v) is 10.6. The number of halogens is 1. The molecule has 0 spiro atoms. The Kier molecular flexibility index (Phi) is 4.16. The molecule has 1 heterocycles. The summed E-state index contributed by atoms with van der Waals surface area (Å²) in [4.78, 5) is 4.25. The lowest BCUT2D eigenvalue weighted by molar-refractivity contribution is 0.331. The van der Waals surface area contributed by atoms with Crippen molar-refractivity contribution in [3.05, 3.63) is 30.1 Å². The van der Waals surface area contributed by atoms with Gasteiger partial charge >= 0.3 is 0 Å². The minimum Gasteiger partial charge on any atom is -0.364 e. The highest BCUT2D eigenvalue weighted by atomic mass is 19.1. The molecule has 1 aliphatic heterocycles. The molecule has 3 nitrogen and oxygen atoms in total. The van der Waals surface area contributed by atoms with Crippen LogP contribution in [0.3, 0.4) is 0 Å². The zero-order chi connectivity index (χ0) is 13.0. The molecule has 0 aromatic heterocycles. The van der Waals surface area contributed by atoms with Crippen LogP contribution in [0.1, 0.15) is 12.8 Å². The van der Waals surface area contributed by atoms with E-state index in [1.807, 2.05) is 11.0 Å². The Bertz CT molecular complexity index is 441. The second-order valence-electron chi connectivity index (χ2n) is 4.78. The number of rotatable bonds is 2. The molecular formula is C14H18FN3. The summed E-state index contributed by atoms with van der Waals surface area (Å²) in [5.74, 6) is -0.204. The van der Waals surface area contributed by atoms with Gasteiger partial charge < -0.3 is 9.80 Å². The zero-order valence-electron chi connectivity index (χ0n) is 10.6. The lowest BCUT2D eigenvalue weighted by Gasteiger charge is -2.31. The molecule has 1 aliphatic rings. The molecule has 1 aromatic carbocycles. The summed E-state index contributed by atoms with van der Waals surface area (Å²) in [6.07, 6.45) is 1.42. The number of likely N-dealkylation sites (N-methyl/N-ethyl adjacent to an activating group) is 1. The van der Waals surface area contributed by atoms with Crippen molar-refractivity contribution in [3.8, 4) is 6.07 Å². The van der Waals surface area contributed by atoms with Gasteiger partial charge in [0.05, 0.1) is 24.2 Å². The van der Waals surface area contributed by atoms with Crippen LogP contribution in [-0.2, 0) is 0 Å². The van der Waals surface area contributed by atoms with E-state index in [1.54, 1.807) is 12.1 Å². The summed E-state index contributed by atoms with van der Waals surface area (Å²) < 4.78 is 13.9. The average molecular weight is 247 g/mol. The van der Waals surface area contributed by atoms with Crippen LogP contribution < -0.4 is 4.90 Å². The Morgan fingerprint density at radius 2 is 2.17 bits per heavy atom. The highest BCUT2D eigenvalue weighted by Crippen LogP contribution is 2.24. The van der Waals surface area contributed by atoms with Crippen molar-refractivity contribution in [3.63, 3.8) is 0 Å². The van der Waals surface area contributed by atoms with Crippen molar-refractivity contribution in [2.45, 2.75) is 18.9 Å². The molecule has 1 atom stereocenters. The van der Waals surface area contributed by atoms with Crippen molar-refractivity contribution in [2.75, 3.05) is 31.6 Å². The second-order valence-corrected chi connectivity index (χ2v) is 4.78. The summed E-state index contributed by atoms with van der Waals surface area (Å²) >= 11 is 0. The maximum absolute atomic E-state index is 13.9. The van der Waals surface area contributed by atoms with E-state index in [9.17, 15) is 4.39 Å². The van der Waals surface area contributed by atoms with E-state index in [2.05, 4.69) is 18.0 Å². The van der Waals surface area contributed by atoms with Crippen LogP contribution in [-0.4, -0.2) is 37.6 Å². The Balaban J connectivity index is 2.27.